The maximum atomic E-state index is 12.1. The number of halogens is 2. The van der Waals surface area contributed by atoms with Crippen LogP contribution < -0.4 is 5.32 Å². The molecule has 0 saturated carbocycles. The number of benzene rings is 2. The molecule has 0 radical (unpaired) electrons. The lowest BCUT2D eigenvalue weighted by molar-refractivity contribution is -0.135. The molecule has 0 bridgehead atoms. The van der Waals surface area contributed by atoms with Gasteiger partial charge in [-0.25, -0.2) is 4.98 Å². The molecular formula is C18H12BrIN2O4. The number of aromatic nitrogens is 1. The average Bonchev–Trinajstić information content (AvgIpc) is 2.62. The molecule has 3 rings (SSSR count). The number of nitrogens with zero attached hydrogens (tertiary/aromatic N) is 1. The monoisotopic (exact) mass is 526 g/mol. The number of carbonyl (C=O) groups excluding carboxylic acids is 1. The van der Waals surface area contributed by atoms with Crippen molar-refractivity contribution in [2.24, 2.45) is 0 Å². The van der Waals surface area contributed by atoms with Crippen molar-refractivity contribution >= 4 is 61.2 Å². The minimum atomic E-state index is -1.18. The van der Waals surface area contributed by atoms with Gasteiger partial charge in [0.2, 0.25) is 0 Å². The number of amides is 1. The largest absolute Gasteiger partial charge is 0.505 e. The molecule has 2 aromatic carbocycles. The SMILES string of the molecule is O=C(O)CNC(=O)c1nc(Br)c2cc(-c3ccccc3)cc(I)c2c1O. The molecular weight excluding hydrogens is 515 g/mol. The topological polar surface area (TPSA) is 99.5 Å². The first-order valence-corrected chi connectivity index (χ1v) is 9.32. The molecule has 3 N–H and O–H groups in total. The number of aromatic hydroxyl groups is 1. The lowest BCUT2D eigenvalue weighted by Gasteiger charge is -2.12. The van der Waals surface area contributed by atoms with Crippen LogP contribution in [0.5, 0.6) is 5.75 Å². The number of hydrogen-bond donors (Lipinski definition) is 3. The van der Waals surface area contributed by atoms with E-state index < -0.39 is 18.4 Å². The number of nitrogens with one attached hydrogen (secondary N) is 1. The first-order chi connectivity index (χ1) is 12.4. The van der Waals surface area contributed by atoms with E-state index in [2.05, 4.69) is 48.8 Å². The molecule has 6 nitrogen and oxygen atoms in total. The predicted octanol–water partition coefficient (Wildman–Crippen LogP) is 3.79. The summed E-state index contributed by atoms with van der Waals surface area (Å²) in [6.07, 6.45) is 0. The molecule has 8 heteroatoms. The second-order valence-corrected chi connectivity index (χ2v) is 7.34. The Balaban J connectivity index is 2.14. The average molecular weight is 527 g/mol. The van der Waals surface area contributed by atoms with Crippen molar-refractivity contribution in [3.05, 3.63) is 56.3 Å². The van der Waals surface area contributed by atoms with Gasteiger partial charge in [0.05, 0.1) is 0 Å². The van der Waals surface area contributed by atoms with Gasteiger partial charge >= 0.3 is 5.97 Å². The van der Waals surface area contributed by atoms with Crippen molar-refractivity contribution < 1.29 is 19.8 Å². The van der Waals surface area contributed by atoms with Gasteiger partial charge in [0, 0.05) is 14.3 Å². The second kappa shape index (κ2) is 7.58. The van der Waals surface area contributed by atoms with E-state index in [1.165, 1.54) is 0 Å². The lowest BCUT2D eigenvalue weighted by Crippen LogP contribution is -2.30. The molecule has 0 aliphatic heterocycles. The highest BCUT2D eigenvalue weighted by Gasteiger charge is 2.21. The lowest BCUT2D eigenvalue weighted by atomic mass is 10.0. The van der Waals surface area contributed by atoms with E-state index in [0.717, 1.165) is 14.7 Å². The Morgan fingerprint density at radius 3 is 2.50 bits per heavy atom. The summed E-state index contributed by atoms with van der Waals surface area (Å²) in [5, 5.41) is 22.6. The molecule has 3 aromatic rings. The Morgan fingerprint density at radius 1 is 1.15 bits per heavy atom. The Bertz CT molecular complexity index is 1020. The summed E-state index contributed by atoms with van der Waals surface area (Å²) in [7, 11) is 0. The van der Waals surface area contributed by atoms with E-state index in [0.29, 0.717) is 15.4 Å². The third kappa shape index (κ3) is 3.65. The van der Waals surface area contributed by atoms with Gasteiger partial charge in [-0.05, 0) is 61.8 Å². The summed E-state index contributed by atoms with van der Waals surface area (Å²) in [4.78, 5) is 26.9. The van der Waals surface area contributed by atoms with Gasteiger partial charge < -0.3 is 15.5 Å². The van der Waals surface area contributed by atoms with E-state index in [9.17, 15) is 14.7 Å². The Hall–Kier alpha value is -2.20. The second-order valence-electron chi connectivity index (χ2n) is 5.42. The van der Waals surface area contributed by atoms with Crippen molar-refractivity contribution in [1.82, 2.24) is 10.3 Å². The number of fused-ring (bicyclic) bond motifs is 1. The third-order valence-corrected chi connectivity index (χ3v) is 5.16. The normalized spacial score (nSPS) is 10.7. The molecule has 132 valence electrons. The fourth-order valence-corrected chi connectivity index (χ4v) is 3.91. The highest BCUT2D eigenvalue weighted by Crippen LogP contribution is 2.38. The standard InChI is InChI=1S/C18H12BrIN2O4/c19-17-11-6-10(9-4-2-1-3-5-9)7-12(20)14(11)16(25)15(22-17)18(26)21-8-13(23)24/h1-7,25H,8H2,(H,21,26)(H,23,24). The van der Waals surface area contributed by atoms with E-state index in [-0.39, 0.29) is 11.4 Å². The summed E-state index contributed by atoms with van der Waals surface area (Å²) in [5.74, 6) is -2.22. The van der Waals surface area contributed by atoms with Gasteiger partial charge in [0.1, 0.15) is 11.1 Å². The molecule has 0 saturated heterocycles. The number of pyridine rings is 1. The fraction of sp³-hybridized carbons (Fsp3) is 0.0556. The molecule has 1 amide bonds. The van der Waals surface area contributed by atoms with Gasteiger partial charge in [-0.15, -0.1) is 0 Å². The summed E-state index contributed by atoms with van der Waals surface area (Å²) >= 11 is 5.44. The fourth-order valence-electron chi connectivity index (χ4n) is 2.53. The van der Waals surface area contributed by atoms with E-state index >= 15 is 0 Å². The van der Waals surface area contributed by atoms with Gasteiger partial charge in [0.15, 0.2) is 11.4 Å². The maximum absolute atomic E-state index is 12.1. The first kappa shape index (κ1) is 18.6. The summed E-state index contributed by atoms with van der Waals surface area (Å²) in [6.45, 7) is -0.556. The quantitative estimate of drug-likeness (QED) is 0.355. The zero-order valence-electron chi connectivity index (χ0n) is 13.2. The summed E-state index contributed by atoms with van der Waals surface area (Å²) < 4.78 is 1.13. The van der Waals surface area contributed by atoms with Crippen LogP contribution in [0.1, 0.15) is 10.5 Å². The zero-order chi connectivity index (χ0) is 18.8. The van der Waals surface area contributed by atoms with Crippen LogP contribution in [-0.4, -0.2) is 33.6 Å². The van der Waals surface area contributed by atoms with Crippen molar-refractivity contribution in [3.63, 3.8) is 0 Å². The third-order valence-electron chi connectivity index (χ3n) is 3.71. The Morgan fingerprint density at radius 2 is 1.85 bits per heavy atom. The molecule has 0 aliphatic rings. The van der Waals surface area contributed by atoms with E-state index in [1.54, 1.807) is 0 Å². The van der Waals surface area contributed by atoms with Crippen molar-refractivity contribution in [2.45, 2.75) is 0 Å². The van der Waals surface area contributed by atoms with Crippen molar-refractivity contribution in [2.75, 3.05) is 6.54 Å². The molecule has 0 unspecified atom stereocenters. The zero-order valence-corrected chi connectivity index (χ0v) is 16.9. The minimum absolute atomic E-state index is 0.226. The van der Waals surface area contributed by atoms with Crippen LogP contribution in [0.25, 0.3) is 21.9 Å². The number of aliphatic carboxylic acids is 1. The van der Waals surface area contributed by atoms with Crippen molar-refractivity contribution in [3.8, 4) is 16.9 Å². The van der Waals surface area contributed by atoms with Crippen molar-refractivity contribution in [1.29, 1.82) is 0 Å². The molecule has 26 heavy (non-hydrogen) atoms. The Labute approximate surface area is 170 Å². The number of hydrogen-bond acceptors (Lipinski definition) is 4. The number of rotatable bonds is 4. The number of carboxylic acid groups (broad SMARTS) is 1. The molecule has 0 atom stereocenters. The number of carboxylic acids is 1. The van der Waals surface area contributed by atoms with Gasteiger partial charge in [-0.3, -0.25) is 9.59 Å². The van der Waals surface area contributed by atoms with Crippen LogP contribution in [0.3, 0.4) is 0 Å². The van der Waals surface area contributed by atoms with Crippen LogP contribution in [-0.2, 0) is 4.79 Å². The molecule has 0 fully saturated rings. The van der Waals surface area contributed by atoms with Gasteiger partial charge in [-0.1, -0.05) is 30.3 Å². The van der Waals surface area contributed by atoms with Crippen LogP contribution in [0, 0.1) is 3.57 Å². The van der Waals surface area contributed by atoms with E-state index in [4.69, 9.17) is 5.11 Å². The van der Waals surface area contributed by atoms with Crippen LogP contribution in [0.4, 0.5) is 0 Å². The summed E-state index contributed by atoms with van der Waals surface area (Å²) in [5.41, 5.74) is 1.74. The van der Waals surface area contributed by atoms with Crippen LogP contribution in [0.15, 0.2) is 47.1 Å². The molecule has 0 aliphatic carbocycles. The predicted molar refractivity (Wildman–Crippen MR) is 109 cm³/mol. The van der Waals surface area contributed by atoms with Crippen LogP contribution >= 0.6 is 38.5 Å². The summed E-state index contributed by atoms with van der Waals surface area (Å²) in [6, 6.07) is 13.5. The number of carbonyl (C=O) groups is 2. The Kier molecular flexibility index (Phi) is 5.42. The molecule has 1 aromatic heterocycles. The first-order valence-electron chi connectivity index (χ1n) is 7.45. The maximum Gasteiger partial charge on any atom is 0.322 e. The highest BCUT2D eigenvalue weighted by atomic mass is 127. The van der Waals surface area contributed by atoms with E-state index in [1.807, 2.05) is 42.5 Å². The smallest absolute Gasteiger partial charge is 0.322 e. The molecule has 1 heterocycles. The highest BCUT2D eigenvalue weighted by molar-refractivity contribution is 14.1. The minimum Gasteiger partial charge on any atom is -0.505 e. The van der Waals surface area contributed by atoms with Crippen LogP contribution in [0.2, 0.25) is 0 Å². The van der Waals surface area contributed by atoms with Gasteiger partial charge in [0.25, 0.3) is 5.91 Å². The van der Waals surface area contributed by atoms with Gasteiger partial charge in [-0.2, -0.15) is 0 Å². The molecule has 0 spiro atoms.